The third-order valence-corrected chi connectivity index (χ3v) is 11.7. The van der Waals surface area contributed by atoms with Crippen molar-refractivity contribution in [2.24, 2.45) is 46.3 Å². The Hall–Kier alpha value is -0.940. The molecule has 1 saturated heterocycles. The standard InChI is InChI=1S/C30H48O5/c1-19(8-11-26(32)33-4)22-9-10-23-28-24(13-15-30(22,23)3)29(2)14-12-21(17-20(29)18-25(28)31)35-27-7-5-6-16-34-27/h19-24,27-28H,5-18H2,1-4H3/t19-,20+,21-,22-,23?,24?,27?,28?,29+,30-/m1/s1. The molecular weight excluding hydrogens is 440 g/mol. The second-order valence-electron chi connectivity index (χ2n) is 13.3. The number of ether oxygens (including phenoxy) is 3. The molecule has 5 fully saturated rings. The van der Waals surface area contributed by atoms with Gasteiger partial charge in [0.15, 0.2) is 6.29 Å². The molecule has 35 heavy (non-hydrogen) atoms. The van der Waals surface area contributed by atoms with Crippen LogP contribution in [-0.4, -0.2) is 37.9 Å². The highest BCUT2D eigenvalue weighted by Gasteiger charge is 2.63. The fourth-order valence-corrected chi connectivity index (χ4v) is 9.67. The number of hydrogen-bond donors (Lipinski definition) is 0. The van der Waals surface area contributed by atoms with Crippen LogP contribution in [0.5, 0.6) is 0 Å². The molecule has 5 rings (SSSR count). The van der Waals surface area contributed by atoms with E-state index in [9.17, 15) is 9.59 Å². The quantitative estimate of drug-likeness (QED) is 0.323. The van der Waals surface area contributed by atoms with E-state index < -0.39 is 0 Å². The van der Waals surface area contributed by atoms with Crippen LogP contribution in [0.15, 0.2) is 0 Å². The number of hydrogen-bond acceptors (Lipinski definition) is 5. The lowest BCUT2D eigenvalue weighted by atomic mass is 9.44. The summed E-state index contributed by atoms with van der Waals surface area (Å²) in [4.78, 5) is 25.6. The molecule has 0 aromatic carbocycles. The normalized spacial score (nSPS) is 46.3. The Balaban J connectivity index is 1.27. The minimum absolute atomic E-state index is 0.0304. The molecule has 0 spiro atoms. The van der Waals surface area contributed by atoms with Crippen LogP contribution in [0.4, 0.5) is 0 Å². The molecule has 5 aliphatic rings. The maximum Gasteiger partial charge on any atom is 0.305 e. The number of carbonyl (C=O) groups excluding carboxylic acids is 2. The Morgan fingerprint density at radius 2 is 1.83 bits per heavy atom. The van der Waals surface area contributed by atoms with Gasteiger partial charge in [-0.1, -0.05) is 20.8 Å². The summed E-state index contributed by atoms with van der Waals surface area (Å²) in [6, 6.07) is 0. The fourth-order valence-electron chi connectivity index (χ4n) is 9.67. The van der Waals surface area contributed by atoms with Gasteiger partial charge in [0.25, 0.3) is 0 Å². The monoisotopic (exact) mass is 488 g/mol. The molecule has 4 unspecified atom stereocenters. The molecule has 0 amide bonds. The zero-order valence-electron chi connectivity index (χ0n) is 22.6. The van der Waals surface area contributed by atoms with Gasteiger partial charge in [0.1, 0.15) is 5.78 Å². The van der Waals surface area contributed by atoms with E-state index in [0.717, 1.165) is 45.1 Å². The molecule has 0 radical (unpaired) electrons. The maximum absolute atomic E-state index is 13.8. The Kier molecular flexibility index (Phi) is 7.40. The number of fused-ring (bicyclic) bond motifs is 5. The summed E-state index contributed by atoms with van der Waals surface area (Å²) in [5.41, 5.74) is 0.496. The molecule has 10 atom stereocenters. The largest absolute Gasteiger partial charge is 0.469 e. The summed E-state index contributed by atoms with van der Waals surface area (Å²) in [6.45, 7) is 8.15. The van der Waals surface area contributed by atoms with Gasteiger partial charge in [-0.25, -0.2) is 0 Å². The predicted octanol–water partition coefficient (Wildman–Crippen LogP) is 6.33. The third-order valence-electron chi connectivity index (χ3n) is 11.7. The van der Waals surface area contributed by atoms with Crippen LogP contribution in [0.1, 0.15) is 104 Å². The average Bonchev–Trinajstić information content (AvgIpc) is 3.21. The summed E-state index contributed by atoms with van der Waals surface area (Å²) in [6.07, 6.45) is 13.9. The van der Waals surface area contributed by atoms with Crippen molar-refractivity contribution < 1.29 is 23.8 Å². The van der Waals surface area contributed by atoms with E-state index >= 15 is 0 Å². The van der Waals surface area contributed by atoms with Gasteiger partial charge in [-0.3, -0.25) is 9.59 Å². The topological polar surface area (TPSA) is 61.8 Å². The van der Waals surface area contributed by atoms with E-state index in [2.05, 4.69) is 20.8 Å². The molecule has 1 aliphatic heterocycles. The maximum atomic E-state index is 13.8. The first-order valence-corrected chi connectivity index (χ1v) is 14.6. The van der Waals surface area contributed by atoms with Gasteiger partial charge in [0, 0.05) is 25.4 Å². The van der Waals surface area contributed by atoms with Crippen LogP contribution in [0, 0.1) is 46.3 Å². The molecular formula is C30H48O5. The lowest BCUT2D eigenvalue weighted by Crippen LogP contribution is -2.57. The van der Waals surface area contributed by atoms with Crippen LogP contribution in [-0.2, 0) is 23.8 Å². The van der Waals surface area contributed by atoms with Crippen molar-refractivity contribution in [3.8, 4) is 0 Å². The zero-order chi connectivity index (χ0) is 24.8. The molecule has 198 valence electrons. The summed E-state index contributed by atoms with van der Waals surface area (Å²) in [7, 11) is 1.48. The number of rotatable bonds is 6. The second kappa shape index (κ2) is 10.1. The summed E-state index contributed by atoms with van der Waals surface area (Å²) >= 11 is 0. The summed E-state index contributed by atoms with van der Waals surface area (Å²) < 4.78 is 17.2. The van der Waals surface area contributed by atoms with Crippen LogP contribution >= 0.6 is 0 Å². The van der Waals surface area contributed by atoms with E-state index in [1.165, 1.54) is 45.6 Å². The predicted molar refractivity (Wildman–Crippen MR) is 134 cm³/mol. The van der Waals surface area contributed by atoms with Crippen molar-refractivity contribution in [1.29, 1.82) is 0 Å². The van der Waals surface area contributed by atoms with E-state index in [0.29, 0.717) is 41.8 Å². The third kappa shape index (κ3) is 4.62. The van der Waals surface area contributed by atoms with E-state index in [1.807, 2.05) is 0 Å². The van der Waals surface area contributed by atoms with Crippen LogP contribution < -0.4 is 0 Å². The molecule has 1 heterocycles. The number of methoxy groups -OCH3 is 1. The van der Waals surface area contributed by atoms with E-state index in [-0.39, 0.29) is 35.1 Å². The molecule has 0 aromatic rings. The van der Waals surface area contributed by atoms with Crippen LogP contribution in [0.25, 0.3) is 0 Å². The second-order valence-corrected chi connectivity index (χ2v) is 13.3. The Bertz CT molecular complexity index is 790. The van der Waals surface area contributed by atoms with Crippen LogP contribution in [0.2, 0.25) is 0 Å². The Morgan fingerprint density at radius 3 is 2.57 bits per heavy atom. The van der Waals surface area contributed by atoms with Gasteiger partial charge in [-0.05, 0) is 111 Å². The first-order chi connectivity index (χ1) is 16.8. The van der Waals surface area contributed by atoms with Gasteiger partial charge < -0.3 is 14.2 Å². The first-order valence-electron chi connectivity index (χ1n) is 14.6. The van der Waals surface area contributed by atoms with Gasteiger partial charge in [0.2, 0.25) is 0 Å². The van der Waals surface area contributed by atoms with Gasteiger partial charge in [0.05, 0.1) is 13.2 Å². The van der Waals surface area contributed by atoms with Crippen molar-refractivity contribution in [3.63, 3.8) is 0 Å². The molecule has 0 aromatic heterocycles. The van der Waals surface area contributed by atoms with Gasteiger partial charge in [-0.15, -0.1) is 0 Å². The SMILES string of the molecule is COC(=O)CC[C@@H](C)[C@H]1CCC2C3C(=O)C[C@@H]4C[C@H](OC5CCCCO5)CC[C@]4(C)C3CC[C@@]21C. The highest BCUT2D eigenvalue weighted by atomic mass is 16.7. The fraction of sp³-hybridized carbons (Fsp3) is 0.933. The van der Waals surface area contributed by atoms with E-state index in [1.54, 1.807) is 0 Å². The number of ketones is 1. The molecule has 0 bridgehead atoms. The van der Waals surface area contributed by atoms with Crippen molar-refractivity contribution in [3.05, 3.63) is 0 Å². The number of carbonyl (C=O) groups is 2. The number of Topliss-reactive ketones (excluding diaryl/α,β-unsaturated/α-hetero) is 1. The highest BCUT2D eigenvalue weighted by Crippen LogP contribution is 2.67. The molecule has 5 heteroatoms. The van der Waals surface area contributed by atoms with Gasteiger partial charge >= 0.3 is 5.97 Å². The van der Waals surface area contributed by atoms with Gasteiger partial charge in [-0.2, -0.15) is 0 Å². The van der Waals surface area contributed by atoms with E-state index in [4.69, 9.17) is 14.2 Å². The Morgan fingerprint density at radius 1 is 1.06 bits per heavy atom. The lowest BCUT2D eigenvalue weighted by molar-refractivity contribution is -0.211. The van der Waals surface area contributed by atoms with Crippen molar-refractivity contribution in [2.75, 3.05) is 13.7 Å². The molecule has 4 aliphatic carbocycles. The summed E-state index contributed by atoms with van der Waals surface area (Å²) in [5.74, 6) is 3.30. The molecule has 5 nitrogen and oxygen atoms in total. The zero-order valence-corrected chi connectivity index (χ0v) is 22.6. The van der Waals surface area contributed by atoms with Crippen molar-refractivity contribution in [1.82, 2.24) is 0 Å². The smallest absolute Gasteiger partial charge is 0.305 e. The van der Waals surface area contributed by atoms with Crippen LogP contribution in [0.3, 0.4) is 0 Å². The minimum Gasteiger partial charge on any atom is -0.469 e. The highest BCUT2D eigenvalue weighted by molar-refractivity contribution is 5.83. The summed E-state index contributed by atoms with van der Waals surface area (Å²) in [5, 5.41) is 0. The first kappa shape index (κ1) is 25.7. The Labute approximate surface area is 212 Å². The minimum atomic E-state index is -0.101. The number of esters is 1. The lowest BCUT2D eigenvalue weighted by Gasteiger charge is -2.60. The molecule has 0 N–H and O–H groups in total. The molecule has 4 saturated carbocycles. The average molecular weight is 489 g/mol. The van der Waals surface area contributed by atoms with Crippen molar-refractivity contribution >= 4 is 11.8 Å². The van der Waals surface area contributed by atoms with Crippen molar-refractivity contribution in [2.45, 2.75) is 117 Å².